The van der Waals surface area contributed by atoms with Crippen LogP contribution in [0.15, 0.2) is 134 Å². The Morgan fingerprint density at radius 1 is 0.383 bits per heavy atom. The van der Waals surface area contributed by atoms with Crippen LogP contribution >= 0.6 is 7.82 Å². The number of ether oxygens (including phenoxy) is 2. The highest BCUT2D eigenvalue weighted by Crippen LogP contribution is 2.43. The predicted molar refractivity (Wildman–Crippen MR) is 348 cm³/mol. The molecule has 0 amide bonds. The summed E-state index contributed by atoms with van der Waals surface area (Å²) in [6.07, 6.45) is 92.5. The molecule has 0 aliphatic rings. The zero-order chi connectivity index (χ0) is 58.7. The highest BCUT2D eigenvalue weighted by atomic mass is 31.2. The minimum Gasteiger partial charge on any atom is -0.462 e. The van der Waals surface area contributed by atoms with E-state index in [0.29, 0.717) is 6.42 Å². The molecule has 0 fully saturated rings. The summed E-state index contributed by atoms with van der Waals surface area (Å²) in [6.45, 7) is 3.59. The lowest BCUT2D eigenvalue weighted by Gasteiger charge is -2.19. The molecule has 0 bridgehead atoms. The number of nitrogens with two attached hydrogens (primary N) is 1. The number of phosphoric acid groups is 1. The van der Waals surface area contributed by atoms with Gasteiger partial charge in [-0.1, -0.05) is 276 Å². The van der Waals surface area contributed by atoms with Crippen LogP contribution in [0, 0.1) is 0 Å². The van der Waals surface area contributed by atoms with E-state index in [1.807, 2.05) is 0 Å². The topological polar surface area (TPSA) is 134 Å². The smallest absolute Gasteiger partial charge is 0.462 e. The molecule has 0 aliphatic carbocycles. The SMILES string of the molecule is CC/C=C\C/C=C\C/C=C\C/C=C\C/C=C\C/C=C\C/C=C\C/C=C\C/C=C\C/C=C\CCCCC(=O)OC(COC(=O)CCCCCCCCCCCCCCCCC/C=C\CCCCCCCCCC)COP(=O)(O)OCCN. The zero-order valence-electron chi connectivity index (χ0n) is 51.7. The third kappa shape index (κ3) is 65.2. The first-order valence-corrected chi connectivity index (χ1v) is 34.2. The monoisotopic (exact) mass is 1150 g/mol. The Kier molecular flexibility index (Phi) is 62.2. The van der Waals surface area contributed by atoms with Crippen LogP contribution in [0.5, 0.6) is 0 Å². The van der Waals surface area contributed by atoms with E-state index in [-0.39, 0.29) is 32.6 Å². The van der Waals surface area contributed by atoms with Crippen LogP contribution in [0.25, 0.3) is 0 Å². The molecule has 2 atom stereocenters. The third-order valence-corrected chi connectivity index (χ3v) is 14.5. The van der Waals surface area contributed by atoms with E-state index in [2.05, 4.69) is 148 Å². The molecule has 0 saturated carbocycles. The fourth-order valence-electron chi connectivity index (χ4n) is 8.72. The van der Waals surface area contributed by atoms with E-state index < -0.39 is 32.5 Å². The van der Waals surface area contributed by atoms with Crippen molar-refractivity contribution in [2.24, 2.45) is 5.73 Å². The van der Waals surface area contributed by atoms with Crippen LogP contribution in [0.3, 0.4) is 0 Å². The molecular formula is C71H120NO8P. The number of hydrogen-bond acceptors (Lipinski definition) is 8. The summed E-state index contributed by atoms with van der Waals surface area (Å²) < 4.78 is 33.1. The molecule has 0 rings (SSSR count). The Morgan fingerprint density at radius 2 is 0.679 bits per heavy atom. The van der Waals surface area contributed by atoms with Crippen LogP contribution in [0.2, 0.25) is 0 Å². The summed E-state index contributed by atoms with van der Waals surface area (Å²) in [7, 11) is -4.41. The molecule has 3 N–H and O–H groups in total. The molecular weight excluding hydrogens is 1030 g/mol. The van der Waals surface area contributed by atoms with Gasteiger partial charge < -0.3 is 20.1 Å². The fraction of sp³-hybridized carbons (Fsp3) is 0.662. The van der Waals surface area contributed by atoms with Crippen molar-refractivity contribution in [3.8, 4) is 0 Å². The normalized spacial score (nSPS) is 13.9. The summed E-state index contributed by atoms with van der Waals surface area (Å²) in [5.74, 6) is -0.881. The number of hydrogen-bond donors (Lipinski definition) is 2. The highest BCUT2D eigenvalue weighted by Gasteiger charge is 2.26. The van der Waals surface area contributed by atoms with E-state index in [4.69, 9.17) is 24.3 Å². The molecule has 10 heteroatoms. The van der Waals surface area contributed by atoms with Crippen LogP contribution in [0.4, 0.5) is 0 Å². The second-order valence-electron chi connectivity index (χ2n) is 21.2. The lowest BCUT2D eigenvalue weighted by atomic mass is 10.0. The number of carbonyl (C=O) groups is 2. The summed E-state index contributed by atoms with van der Waals surface area (Å²) in [4.78, 5) is 35.3. The van der Waals surface area contributed by atoms with Crippen LogP contribution in [-0.2, 0) is 32.7 Å². The Bertz CT molecular complexity index is 1790. The van der Waals surface area contributed by atoms with Gasteiger partial charge in [-0.25, -0.2) is 4.57 Å². The molecule has 0 spiro atoms. The zero-order valence-corrected chi connectivity index (χ0v) is 52.6. The number of carbonyl (C=O) groups excluding carboxylic acids is 2. The van der Waals surface area contributed by atoms with Gasteiger partial charge in [-0.05, 0) is 116 Å². The van der Waals surface area contributed by atoms with E-state index in [9.17, 15) is 19.0 Å². The average Bonchev–Trinajstić information content (AvgIpc) is 3.46. The van der Waals surface area contributed by atoms with E-state index in [1.54, 1.807) is 0 Å². The van der Waals surface area contributed by atoms with Crippen molar-refractivity contribution in [3.63, 3.8) is 0 Å². The van der Waals surface area contributed by atoms with Gasteiger partial charge in [0.1, 0.15) is 6.61 Å². The summed E-state index contributed by atoms with van der Waals surface area (Å²) in [6, 6.07) is 0. The summed E-state index contributed by atoms with van der Waals surface area (Å²) in [5, 5.41) is 0. The lowest BCUT2D eigenvalue weighted by Crippen LogP contribution is -2.29. The minimum atomic E-state index is -4.41. The van der Waals surface area contributed by atoms with E-state index in [0.717, 1.165) is 96.3 Å². The van der Waals surface area contributed by atoms with Crippen LogP contribution in [-0.4, -0.2) is 49.3 Å². The largest absolute Gasteiger partial charge is 0.472 e. The molecule has 0 heterocycles. The van der Waals surface area contributed by atoms with Crippen molar-refractivity contribution in [2.45, 2.75) is 277 Å². The number of phosphoric ester groups is 1. The molecule has 0 aromatic rings. The van der Waals surface area contributed by atoms with Crippen molar-refractivity contribution in [2.75, 3.05) is 26.4 Å². The molecule has 2 unspecified atom stereocenters. The molecule has 0 aromatic carbocycles. The Balaban J connectivity index is 4.05. The van der Waals surface area contributed by atoms with Gasteiger partial charge in [0.05, 0.1) is 13.2 Å². The van der Waals surface area contributed by atoms with Gasteiger partial charge in [-0.15, -0.1) is 0 Å². The van der Waals surface area contributed by atoms with Crippen LogP contribution in [0.1, 0.15) is 271 Å². The first kappa shape index (κ1) is 77.2. The molecule has 9 nitrogen and oxygen atoms in total. The van der Waals surface area contributed by atoms with Gasteiger partial charge in [0, 0.05) is 19.4 Å². The number of esters is 2. The fourth-order valence-corrected chi connectivity index (χ4v) is 9.48. The molecule has 0 radical (unpaired) electrons. The Labute approximate surface area is 497 Å². The molecule has 0 aromatic heterocycles. The first-order valence-electron chi connectivity index (χ1n) is 32.7. The number of allylic oxidation sites excluding steroid dienone is 22. The lowest BCUT2D eigenvalue weighted by molar-refractivity contribution is -0.161. The van der Waals surface area contributed by atoms with E-state index in [1.165, 1.54) is 141 Å². The van der Waals surface area contributed by atoms with E-state index >= 15 is 0 Å². The summed E-state index contributed by atoms with van der Waals surface area (Å²) in [5.41, 5.74) is 5.39. The first-order chi connectivity index (χ1) is 39.8. The molecule has 0 saturated heterocycles. The van der Waals surface area contributed by atoms with Crippen molar-refractivity contribution < 1.29 is 37.6 Å². The quantitative estimate of drug-likeness (QED) is 0.0264. The van der Waals surface area contributed by atoms with Gasteiger partial charge in [0.15, 0.2) is 6.10 Å². The number of unbranched alkanes of at least 4 members (excludes halogenated alkanes) is 25. The molecule has 462 valence electrons. The van der Waals surface area contributed by atoms with Crippen molar-refractivity contribution >= 4 is 19.8 Å². The third-order valence-electron chi connectivity index (χ3n) is 13.5. The highest BCUT2D eigenvalue weighted by molar-refractivity contribution is 7.47. The predicted octanol–water partition coefficient (Wildman–Crippen LogP) is 21.3. The Hall–Kier alpha value is -3.85. The molecule has 81 heavy (non-hydrogen) atoms. The van der Waals surface area contributed by atoms with Gasteiger partial charge in [0.2, 0.25) is 0 Å². The summed E-state index contributed by atoms with van der Waals surface area (Å²) >= 11 is 0. The van der Waals surface area contributed by atoms with Gasteiger partial charge in [-0.3, -0.25) is 18.6 Å². The van der Waals surface area contributed by atoms with Crippen molar-refractivity contribution in [1.82, 2.24) is 0 Å². The molecule has 0 aliphatic heterocycles. The number of rotatable bonds is 60. The second-order valence-corrected chi connectivity index (χ2v) is 22.7. The van der Waals surface area contributed by atoms with Crippen molar-refractivity contribution in [1.29, 1.82) is 0 Å². The standard InChI is InChI=1S/C71H120NO8P/c1-3-5-7-9-11-13-15-17-19-21-23-25-27-29-31-32-33-34-35-36-38-40-42-44-46-48-50-52-54-56-58-60-62-64-71(74)80-69(68-79-81(75,76)78-66-65-72)67-77-70(73)63-61-59-57-55-53-51-49-47-45-43-41-39-37-30-28-26-24-22-20-18-16-14-12-10-8-6-4-2/h5,7,11,13,17,19,22-25,29,31,33-34,36,38,42,44,48,50,54,56,69H,3-4,6,8-10,12,14-16,18,20-21,26-28,30,32,35,37,39-41,43,45-47,49,51-53,55,57-68,72H2,1-2H3,(H,75,76)/b7-5-,13-11-,19-17-,24-22-,25-23-,31-29-,34-33-,38-36-,44-42-,50-48-,56-54-. The Morgan fingerprint density at radius 3 is 1.05 bits per heavy atom. The second kappa shape index (κ2) is 65.3. The average molecular weight is 1150 g/mol. The van der Waals surface area contributed by atoms with Crippen molar-refractivity contribution in [3.05, 3.63) is 134 Å². The minimum absolute atomic E-state index is 0.0398. The van der Waals surface area contributed by atoms with Gasteiger partial charge in [0.25, 0.3) is 0 Å². The maximum atomic E-state index is 12.7. The maximum Gasteiger partial charge on any atom is 0.472 e. The van der Waals surface area contributed by atoms with Gasteiger partial charge >= 0.3 is 19.8 Å². The maximum absolute atomic E-state index is 12.7. The van der Waals surface area contributed by atoms with Crippen LogP contribution < -0.4 is 5.73 Å². The van der Waals surface area contributed by atoms with Gasteiger partial charge in [-0.2, -0.15) is 0 Å².